The predicted molar refractivity (Wildman–Crippen MR) is 53.1 cm³/mol. The summed E-state index contributed by atoms with van der Waals surface area (Å²) in [6, 6.07) is 1.84. The molecule has 0 saturated heterocycles. The van der Waals surface area contributed by atoms with Crippen LogP contribution in [-0.4, -0.2) is 21.0 Å². The first-order chi connectivity index (χ1) is 6.75. The van der Waals surface area contributed by atoms with Crippen LogP contribution in [0.3, 0.4) is 0 Å². The van der Waals surface area contributed by atoms with Gasteiger partial charge in [-0.25, -0.2) is 9.78 Å². The molecule has 0 fully saturated rings. The van der Waals surface area contributed by atoms with E-state index in [1.807, 2.05) is 6.07 Å². The van der Waals surface area contributed by atoms with E-state index in [0.717, 1.165) is 17.0 Å². The summed E-state index contributed by atoms with van der Waals surface area (Å²) >= 11 is 1.10. The van der Waals surface area contributed by atoms with Gasteiger partial charge in [-0.15, -0.1) is 0 Å². The van der Waals surface area contributed by atoms with E-state index < -0.39 is 5.97 Å². The third-order valence-corrected chi connectivity index (χ3v) is 2.47. The SMILES string of the molecule is O=C(O)c1cnc(Nc2cc[nH]c2)s1. The fraction of sp³-hybridized carbons (Fsp3) is 0. The lowest BCUT2D eigenvalue weighted by molar-refractivity contribution is 0.0702. The second-order valence-corrected chi connectivity index (χ2v) is 3.59. The number of carboxylic acid groups (broad SMARTS) is 1. The van der Waals surface area contributed by atoms with Crippen molar-refractivity contribution in [3.05, 3.63) is 29.5 Å². The number of anilines is 2. The molecule has 14 heavy (non-hydrogen) atoms. The van der Waals surface area contributed by atoms with E-state index in [-0.39, 0.29) is 4.88 Å². The smallest absolute Gasteiger partial charge is 0.347 e. The van der Waals surface area contributed by atoms with Crippen molar-refractivity contribution in [1.29, 1.82) is 0 Å². The molecule has 0 aliphatic rings. The number of aromatic amines is 1. The van der Waals surface area contributed by atoms with E-state index in [2.05, 4.69) is 15.3 Å². The zero-order valence-corrected chi connectivity index (χ0v) is 7.84. The quantitative estimate of drug-likeness (QED) is 0.721. The molecule has 0 aliphatic carbocycles. The van der Waals surface area contributed by atoms with E-state index in [1.165, 1.54) is 6.20 Å². The average Bonchev–Trinajstić information content (AvgIpc) is 2.75. The number of aromatic nitrogens is 2. The summed E-state index contributed by atoms with van der Waals surface area (Å²) < 4.78 is 0. The molecule has 0 radical (unpaired) electrons. The Kier molecular flexibility index (Phi) is 2.19. The van der Waals surface area contributed by atoms with Gasteiger partial charge in [-0.1, -0.05) is 11.3 Å². The van der Waals surface area contributed by atoms with Crippen molar-refractivity contribution in [2.75, 3.05) is 5.32 Å². The van der Waals surface area contributed by atoms with Gasteiger partial charge in [0.25, 0.3) is 0 Å². The molecule has 72 valence electrons. The summed E-state index contributed by atoms with van der Waals surface area (Å²) in [6.07, 6.45) is 4.87. The maximum absolute atomic E-state index is 10.6. The first kappa shape index (κ1) is 8.76. The van der Waals surface area contributed by atoms with Crippen molar-refractivity contribution in [3.63, 3.8) is 0 Å². The lowest BCUT2D eigenvalue weighted by atomic mass is 10.5. The van der Waals surface area contributed by atoms with Crippen LogP contribution in [0.2, 0.25) is 0 Å². The molecule has 0 saturated carbocycles. The Morgan fingerprint density at radius 3 is 3.07 bits per heavy atom. The van der Waals surface area contributed by atoms with Crippen LogP contribution >= 0.6 is 11.3 Å². The molecule has 0 aromatic carbocycles. The number of thiazole rings is 1. The molecular formula is C8H7N3O2S. The third-order valence-electron chi connectivity index (χ3n) is 1.57. The Morgan fingerprint density at radius 1 is 1.64 bits per heavy atom. The zero-order valence-electron chi connectivity index (χ0n) is 7.02. The van der Waals surface area contributed by atoms with E-state index in [1.54, 1.807) is 12.4 Å². The lowest BCUT2D eigenvalue weighted by Crippen LogP contribution is -1.89. The number of H-pyrrole nitrogens is 1. The average molecular weight is 209 g/mol. The van der Waals surface area contributed by atoms with Crippen LogP contribution in [0.15, 0.2) is 24.7 Å². The molecular weight excluding hydrogens is 202 g/mol. The fourth-order valence-electron chi connectivity index (χ4n) is 0.956. The predicted octanol–water partition coefficient (Wildman–Crippen LogP) is 1.91. The van der Waals surface area contributed by atoms with Crippen LogP contribution in [0, 0.1) is 0 Å². The molecule has 2 heterocycles. The molecule has 0 unspecified atom stereocenters. The van der Waals surface area contributed by atoms with Crippen LogP contribution in [0.4, 0.5) is 10.8 Å². The molecule has 6 heteroatoms. The molecule has 3 N–H and O–H groups in total. The summed E-state index contributed by atoms with van der Waals surface area (Å²) in [5.74, 6) is -0.954. The van der Waals surface area contributed by atoms with Gasteiger partial charge in [-0.05, 0) is 6.07 Å². The minimum Gasteiger partial charge on any atom is -0.477 e. The molecule has 0 atom stereocenters. The number of nitrogens with one attached hydrogen (secondary N) is 2. The number of hydrogen-bond donors (Lipinski definition) is 3. The van der Waals surface area contributed by atoms with Crippen molar-refractivity contribution < 1.29 is 9.90 Å². The highest BCUT2D eigenvalue weighted by Crippen LogP contribution is 2.21. The minimum atomic E-state index is -0.954. The van der Waals surface area contributed by atoms with Gasteiger partial charge in [0.05, 0.1) is 11.9 Å². The van der Waals surface area contributed by atoms with Crippen LogP contribution in [0.5, 0.6) is 0 Å². The van der Waals surface area contributed by atoms with Crippen molar-refractivity contribution in [2.45, 2.75) is 0 Å². The van der Waals surface area contributed by atoms with Gasteiger partial charge in [0.15, 0.2) is 5.13 Å². The van der Waals surface area contributed by atoms with Crippen LogP contribution in [-0.2, 0) is 0 Å². The highest BCUT2D eigenvalue weighted by atomic mass is 32.1. The van der Waals surface area contributed by atoms with Crippen molar-refractivity contribution in [1.82, 2.24) is 9.97 Å². The van der Waals surface area contributed by atoms with Gasteiger partial charge in [-0.3, -0.25) is 0 Å². The molecule has 2 rings (SSSR count). The number of nitrogens with zero attached hydrogens (tertiary/aromatic N) is 1. The largest absolute Gasteiger partial charge is 0.477 e. The summed E-state index contributed by atoms with van der Waals surface area (Å²) in [5, 5.41) is 12.2. The first-order valence-electron chi connectivity index (χ1n) is 3.84. The van der Waals surface area contributed by atoms with Crippen LogP contribution < -0.4 is 5.32 Å². The number of rotatable bonds is 3. The maximum Gasteiger partial charge on any atom is 0.347 e. The molecule has 0 aliphatic heterocycles. The van der Waals surface area contributed by atoms with E-state index in [0.29, 0.717) is 5.13 Å². The van der Waals surface area contributed by atoms with E-state index in [4.69, 9.17) is 5.11 Å². The fourth-order valence-corrected chi connectivity index (χ4v) is 1.63. The molecule has 0 spiro atoms. The van der Waals surface area contributed by atoms with Gasteiger partial charge >= 0.3 is 5.97 Å². The molecule has 2 aromatic rings. The highest BCUT2D eigenvalue weighted by molar-refractivity contribution is 7.17. The Balaban J connectivity index is 2.14. The first-order valence-corrected chi connectivity index (χ1v) is 4.66. The van der Waals surface area contributed by atoms with Crippen molar-refractivity contribution in [2.24, 2.45) is 0 Å². The third kappa shape index (κ3) is 1.74. The Hall–Kier alpha value is -1.82. The number of hydrogen-bond acceptors (Lipinski definition) is 4. The number of aromatic carboxylic acids is 1. The Labute approximate surface area is 83.4 Å². The topological polar surface area (TPSA) is 78.0 Å². The zero-order chi connectivity index (χ0) is 9.97. The molecule has 2 aromatic heterocycles. The second-order valence-electron chi connectivity index (χ2n) is 2.56. The second kappa shape index (κ2) is 3.51. The standard InChI is InChI=1S/C8H7N3O2S/c12-7(13)6-4-10-8(14-6)11-5-1-2-9-3-5/h1-4,9H,(H,10,11)(H,12,13). The normalized spacial score (nSPS) is 10.0. The van der Waals surface area contributed by atoms with Crippen molar-refractivity contribution in [3.8, 4) is 0 Å². The number of carbonyl (C=O) groups is 1. The summed E-state index contributed by atoms with van der Waals surface area (Å²) in [5.41, 5.74) is 0.858. The van der Waals surface area contributed by atoms with Gasteiger partial charge in [0.2, 0.25) is 0 Å². The van der Waals surface area contributed by atoms with Crippen molar-refractivity contribution >= 4 is 28.1 Å². The Bertz CT molecular complexity index is 435. The van der Waals surface area contributed by atoms with E-state index >= 15 is 0 Å². The summed E-state index contributed by atoms with van der Waals surface area (Å²) in [7, 11) is 0. The van der Waals surface area contributed by atoms with E-state index in [9.17, 15) is 4.79 Å². The monoisotopic (exact) mass is 209 g/mol. The van der Waals surface area contributed by atoms with Crippen LogP contribution in [0.1, 0.15) is 9.67 Å². The Morgan fingerprint density at radius 2 is 2.50 bits per heavy atom. The summed E-state index contributed by atoms with van der Waals surface area (Å²) in [4.78, 5) is 17.6. The molecule has 0 bridgehead atoms. The molecule has 0 amide bonds. The van der Waals surface area contributed by atoms with Crippen LogP contribution in [0.25, 0.3) is 0 Å². The number of carboxylic acids is 1. The minimum absolute atomic E-state index is 0.225. The van der Waals surface area contributed by atoms with Gasteiger partial charge in [-0.2, -0.15) is 0 Å². The summed E-state index contributed by atoms with van der Waals surface area (Å²) in [6.45, 7) is 0. The highest BCUT2D eigenvalue weighted by Gasteiger charge is 2.08. The van der Waals surface area contributed by atoms with Gasteiger partial charge < -0.3 is 15.4 Å². The lowest BCUT2D eigenvalue weighted by Gasteiger charge is -1.95. The molecule has 5 nitrogen and oxygen atoms in total. The van der Waals surface area contributed by atoms with Gasteiger partial charge in [0.1, 0.15) is 4.88 Å². The maximum atomic E-state index is 10.6. The van der Waals surface area contributed by atoms with Gasteiger partial charge in [0, 0.05) is 12.4 Å².